The summed E-state index contributed by atoms with van der Waals surface area (Å²) in [5.74, 6) is 1.20. The SMILES string of the molecule is N#Cc1c(N)nc(SCc2ccnc3[nH]ccc23)c(C#N)c1-c1ccc(OCCO)cc1. The van der Waals surface area contributed by atoms with Gasteiger partial charge in [-0.15, -0.1) is 11.8 Å². The van der Waals surface area contributed by atoms with Crippen LogP contribution in [0.1, 0.15) is 16.7 Å². The van der Waals surface area contributed by atoms with E-state index in [-0.39, 0.29) is 24.6 Å². The van der Waals surface area contributed by atoms with E-state index in [1.807, 2.05) is 18.3 Å². The monoisotopic (exact) mass is 442 g/mol. The molecule has 0 spiro atoms. The number of aliphatic hydroxyl groups excluding tert-OH is 1. The molecule has 0 unspecified atom stereocenters. The van der Waals surface area contributed by atoms with Crippen LogP contribution in [-0.4, -0.2) is 33.3 Å². The first kappa shape index (κ1) is 21.2. The van der Waals surface area contributed by atoms with Gasteiger partial charge >= 0.3 is 0 Å². The highest BCUT2D eigenvalue weighted by atomic mass is 32.2. The number of hydrogen-bond donors (Lipinski definition) is 3. The molecular weight excluding hydrogens is 424 g/mol. The maximum absolute atomic E-state index is 9.96. The molecule has 0 bridgehead atoms. The summed E-state index contributed by atoms with van der Waals surface area (Å²) in [6.07, 6.45) is 3.56. The minimum Gasteiger partial charge on any atom is -0.491 e. The number of anilines is 1. The van der Waals surface area contributed by atoms with Gasteiger partial charge in [0, 0.05) is 29.1 Å². The summed E-state index contributed by atoms with van der Waals surface area (Å²) in [6.45, 7) is 0.0889. The van der Waals surface area contributed by atoms with E-state index in [9.17, 15) is 10.5 Å². The Hall–Kier alpha value is -4.05. The summed E-state index contributed by atoms with van der Waals surface area (Å²) in [6, 6.07) is 15.1. The van der Waals surface area contributed by atoms with Crippen LogP contribution in [0.25, 0.3) is 22.2 Å². The number of pyridine rings is 2. The molecule has 4 aromatic rings. The summed E-state index contributed by atoms with van der Waals surface area (Å²) in [4.78, 5) is 11.7. The van der Waals surface area contributed by atoms with E-state index in [1.165, 1.54) is 11.8 Å². The summed E-state index contributed by atoms with van der Waals surface area (Å²) in [5, 5.41) is 30.0. The molecule has 4 rings (SSSR count). The molecule has 0 amide bonds. The highest BCUT2D eigenvalue weighted by Crippen LogP contribution is 2.37. The molecular formula is C23H18N6O2S. The molecule has 0 saturated heterocycles. The van der Waals surface area contributed by atoms with Crippen molar-refractivity contribution < 1.29 is 9.84 Å². The quantitative estimate of drug-likeness (QED) is 0.368. The molecule has 0 aliphatic heterocycles. The second-order valence-electron chi connectivity index (χ2n) is 6.75. The fourth-order valence-electron chi connectivity index (χ4n) is 3.36. The standard InChI is InChI=1S/C23H18N6O2S/c24-11-18-20(14-1-3-16(4-2-14)31-10-9-30)19(12-25)23(29-21(18)26)32-13-15-5-7-27-22-17(15)6-8-28-22/h1-8,30H,9-10,13H2,(H2,26,29)(H,27,28). The Bertz CT molecular complexity index is 1350. The number of fused-ring (bicyclic) bond motifs is 1. The third-order valence-electron chi connectivity index (χ3n) is 4.83. The minimum atomic E-state index is -0.0904. The molecule has 0 radical (unpaired) electrons. The first-order valence-electron chi connectivity index (χ1n) is 9.67. The van der Waals surface area contributed by atoms with Crippen LogP contribution >= 0.6 is 11.8 Å². The fourth-order valence-corrected chi connectivity index (χ4v) is 4.36. The Kier molecular flexibility index (Phi) is 6.22. The van der Waals surface area contributed by atoms with Gasteiger partial charge < -0.3 is 20.6 Å². The molecule has 158 valence electrons. The molecule has 0 aliphatic rings. The number of benzene rings is 1. The van der Waals surface area contributed by atoms with Crippen molar-refractivity contribution in [3.63, 3.8) is 0 Å². The van der Waals surface area contributed by atoms with Gasteiger partial charge in [0.05, 0.1) is 12.2 Å². The van der Waals surface area contributed by atoms with E-state index in [0.717, 1.165) is 16.6 Å². The Labute approximate surface area is 188 Å². The Morgan fingerprint density at radius 3 is 2.59 bits per heavy atom. The van der Waals surface area contributed by atoms with Gasteiger partial charge in [-0.3, -0.25) is 0 Å². The summed E-state index contributed by atoms with van der Waals surface area (Å²) in [5.41, 5.74) is 9.50. The van der Waals surface area contributed by atoms with Gasteiger partial charge in [-0.2, -0.15) is 10.5 Å². The number of hydrogen-bond acceptors (Lipinski definition) is 8. The van der Waals surface area contributed by atoms with Crippen molar-refractivity contribution >= 4 is 28.6 Å². The summed E-state index contributed by atoms with van der Waals surface area (Å²) < 4.78 is 5.39. The van der Waals surface area contributed by atoms with Crippen LogP contribution < -0.4 is 10.5 Å². The predicted molar refractivity (Wildman–Crippen MR) is 122 cm³/mol. The molecule has 4 N–H and O–H groups in total. The zero-order valence-corrected chi connectivity index (χ0v) is 17.7. The molecule has 32 heavy (non-hydrogen) atoms. The van der Waals surface area contributed by atoms with E-state index in [4.69, 9.17) is 15.6 Å². The average molecular weight is 443 g/mol. The van der Waals surface area contributed by atoms with Crippen molar-refractivity contribution in [1.29, 1.82) is 10.5 Å². The maximum Gasteiger partial charge on any atom is 0.143 e. The number of rotatable bonds is 7. The Morgan fingerprint density at radius 2 is 1.88 bits per heavy atom. The number of nitriles is 2. The van der Waals surface area contributed by atoms with E-state index < -0.39 is 0 Å². The molecule has 0 fully saturated rings. The number of ether oxygens (including phenoxy) is 1. The van der Waals surface area contributed by atoms with Crippen molar-refractivity contribution in [2.75, 3.05) is 18.9 Å². The van der Waals surface area contributed by atoms with Crippen LogP contribution in [0.3, 0.4) is 0 Å². The topological polar surface area (TPSA) is 145 Å². The van der Waals surface area contributed by atoms with Crippen LogP contribution in [0.2, 0.25) is 0 Å². The first-order valence-corrected chi connectivity index (χ1v) is 10.7. The van der Waals surface area contributed by atoms with Gasteiger partial charge in [-0.05, 0) is 35.4 Å². The third kappa shape index (κ3) is 4.08. The number of nitrogens with two attached hydrogens (primary N) is 1. The number of thioether (sulfide) groups is 1. The van der Waals surface area contributed by atoms with Gasteiger partial charge in [0.25, 0.3) is 0 Å². The molecule has 0 aliphatic carbocycles. The zero-order chi connectivity index (χ0) is 22.5. The van der Waals surface area contributed by atoms with E-state index in [1.54, 1.807) is 30.5 Å². The predicted octanol–water partition coefficient (Wildman–Crippen LogP) is 3.61. The largest absolute Gasteiger partial charge is 0.491 e. The third-order valence-corrected chi connectivity index (χ3v) is 5.86. The normalized spacial score (nSPS) is 10.6. The van der Waals surface area contributed by atoms with Gasteiger partial charge in [-0.1, -0.05) is 12.1 Å². The van der Waals surface area contributed by atoms with Crippen LogP contribution in [0, 0.1) is 22.7 Å². The van der Waals surface area contributed by atoms with Crippen molar-refractivity contribution in [1.82, 2.24) is 15.0 Å². The number of aromatic amines is 1. The van der Waals surface area contributed by atoms with Crippen molar-refractivity contribution in [3.8, 4) is 29.0 Å². The fraction of sp³-hybridized carbons (Fsp3) is 0.130. The first-order chi connectivity index (χ1) is 15.7. The lowest BCUT2D eigenvalue weighted by atomic mass is 9.97. The average Bonchev–Trinajstić information content (AvgIpc) is 3.31. The number of H-pyrrole nitrogens is 1. The molecule has 3 aromatic heterocycles. The lowest BCUT2D eigenvalue weighted by Crippen LogP contribution is -2.04. The molecule has 0 atom stereocenters. The summed E-state index contributed by atoms with van der Waals surface area (Å²) >= 11 is 1.38. The van der Waals surface area contributed by atoms with Crippen LogP contribution in [0.15, 0.2) is 53.8 Å². The second kappa shape index (κ2) is 9.40. The smallest absolute Gasteiger partial charge is 0.143 e. The van der Waals surface area contributed by atoms with Gasteiger partial charge in [-0.25, -0.2) is 9.97 Å². The molecule has 0 saturated carbocycles. The number of aromatic nitrogens is 3. The van der Waals surface area contributed by atoms with Gasteiger partial charge in [0.1, 0.15) is 46.5 Å². The van der Waals surface area contributed by atoms with Crippen LogP contribution in [0.4, 0.5) is 5.82 Å². The molecule has 8 nitrogen and oxygen atoms in total. The molecule has 1 aromatic carbocycles. The highest BCUT2D eigenvalue weighted by Gasteiger charge is 2.21. The number of aliphatic hydroxyl groups is 1. The van der Waals surface area contributed by atoms with Crippen molar-refractivity contribution in [2.45, 2.75) is 10.8 Å². The maximum atomic E-state index is 9.96. The van der Waals surface area contributed by atoms with Gasteiger partial charge in [0.15, 0.2) is 0 Å². The minimum absolute atomic E-state index is 0.0751. The zero-order valence-electron chi connectivity index (χ0n) is 16.9. The lowest BCUT2D eigenvalue weighted by Gasteiger charge is -2.14. The number of nitrogens with zero attached hydrogens (tertiary/aromatic N) is 4. The van der Waals surface area contributed by atoms with Gasteiger partial charge in [0.2, 0.25) is 0 Å². The van der Waals surface area contributed by atoms with Crippen molar-refractivity contribution in [3.05, 3.63) is 65.5 Å². The lowest BCUT2D eigenvalue weighted by molar-refractivity contribution is 0.201. The molecule has 9 heteroatoms. The van der Waals surface area contributed by atoms with Crippen LogP contribution in [-0.2, 0) is 5.75 Å². The number of nitrogens with one attached hydrogen (secondary N) is 1. The highest BCUT2D eigenvalue weighted by molar-refractivity contribution is 7.98. The number of nitrogen functional groups attached to an aromatic ring is 1. The Morgan fingerprint density at radius 1 is 1.09 bits per heavy atom. The van der Waals surface area contributed by atoms with E-state index >= 15 is 0 Å². The Balaban J connectivity index is 1.73. The van der Waals surface area contributed by atoms with Crippen LogP contribution in [0.5, 0.6) is 5.75 Å². The van der Waals surface area contributed by atoms with E-state index in [2.05, 4.69) is 27.1 Å². The van der Waals surface area contributed by atoms with Crippen molar-refractivity contribution in [2.24, 2.45) is 0 Å². The van der Waals surface area contributed by atoms with E-state index in [0.29, 0.717) is 33.2 Å². The summed E-state index contributed by atoms with van der Waals surface area (Å²) in [7, 11) is 0. The molecule has 3 heterocycles. The second-order valence-corrected chi connectivity index (χ2v) is 7.71.